The van der Waals surface area contributed by atoms with Crippen molar-refractivity contribution in [2.75, 3.05) is 0 Å². The van der Waals surface area contributed by atoms with Crippen molar-refractivity contribution in [3.05, 3.63) is 29.3 Å². The van der Waals surface area contributed by atoms with E-state index in [1.807, 2.05) is 0 Å². The van der Waals surface area contributed by atoms with Gasteiger partial charge in [0.05, 0.1) is 11.1 Å². The molecule has 4 nitrogen and oxygen atoms in total. The van der Waals surface area contributed by atoms with E-state index in [1.54, 1.807) is 6.92 Å². The maximum Gasteiger partial charge on any atom is 0.251 e. The summed E-state index contributed by atoms with van der Waals surface area (Å²) in [5.41, 5.74) is 6.10. The molecule has 72 valence electrons. The number of H-pyrrole nitrogens is 1. The molecule has 14 heavy (non-hydrogen) atoms. The van der Waals surface area contributed by atoms with Gasteiger partial charge in [-0.25, -0.2) is 9.37 Å². The third-order valence-corrected chi connectivity index (χ3v) is 1.94. The fourth-order valence-corrected chi connectivity index (χ4v) is 1.39. The highest BCUT2D eigenvalue weighted by Gasteiger charge is 2.11. The van der Waals surface area contributed by atoms with Crippen molar-refractivity contribution in [2.45, 2.75) is 6.92 Å². The summed E-state index contributed by atoms with van der Waals surface area (Å²) < 4.78 is 13.0. The normalized spacial score (nSPS) is 10.7. The Labute approximate surface area is 78.9 Å². The lowest BCUT2D eigenvalue weighted by Gasteiger charge is -1.96. The lowest BCUT2D eigenvalue weighted by Crippen LogP contribution is -2.11. The molecule has 1 amide bonds. The minimum absolute atomic E-state index is 0.101. The molecule has 0 unspecified atom stereocenters. The number of hydrogen-bond acceptors (Lipinski definition) is 2. The summed E-state index contributed by atoms with van der Waals surface area (Å²) in [6.07, 6.45) is 0. The van der Waals surface area contributed by atoms with Crippen LogP contribution in [0.5, 0.6) is 0 Å². The Hall–Kier alpha value is -1.91. The number of benzene rings is 1. The van der Waals surface area contributed by atoms with Crippen molar-refractivity contribution in [1.29, 1.82) is 0 Å². The molecule has 0 atom stereocenters. The molecule has 0 radical (unpaired) electrons. The van der Waals surface area contributed by atoms with Crippen molar-refractivity contribution in [1.82, 2.24) is 9.97 Å². The third-order valence-electron chi connectivity index (χ3n) is 1.94. The molecule has 0 aliphatic carbocycles. The van der Waals surface area contributed by atoms with Crippen LogP contribution in [0.25, 0.3) is 11.0 Å². The summed E-state index contributed by atoms with van der Waals surface area (Å²) in [7, 11) is 0. The molecule has 0 aliphatic rings. The maximum atomic E-state index is 13.0. The monoisotopic (exact) mass is 193 g/mol. The highest BCUT2D eigenvalue weighted by atomic mass is 19.1. The molecular formula is C9H8FN3O. The van der Waals surface area contributed by atoms with Crippen molar-refractivity contribution in [3.63, 3.8) is 0 Å². The van der Waals surface area contributed by atoms with Gasteiger partial charge in [0.25, 0.3) is 5.91 Å². The Kier molecular flexibility index (Phi) is 1.73. The number of aromatic amines is 1. The number of aromatic nitrogens is 2. The second-order valence-electron chi connectivity index (χ2n) is 3.04. The smallest absolute Gasteiger partial charge is 0.251 e. The van der Waals surface area contributed by atoms with Gasteiger partial charge in [-0.1, -0.05) is 0 Å². The van der Waals surface area contributed by atoms with E-state index in [4.69, 9.17) is 5.73 Å². The molecular weight excluding hydrogens is 185 g/mol. The van der Waals surface area contributed by atoms with Crippen molar-refractivity contribution < 1.29 is 9.18 Å². The Morgan fingerprint density at radius 1 is 1.57 bits per heavy atom. The van der Waals surface area contributed by atoms with Gasteiger partial charge < -0.3 is 10.7 Å². The second kappa shape index (κ2) is 2.80. The molecule has 2 rings (SSSR count). The number of carbonyl (C=O) groups is 1. The molecule has 0 aliphatic heterocycles. The molecule has 0 spiro atoms. The maximum absolute atomic E-state index is 13.0. The van der Waals surface area contributed by atoms with Gasteiger partial charge in [-0.05, 0) is 19.1 Å². The molecule has 1 aromatic carbocycles. The Morgan fingerprint density at radius 2 is 2.29 bits per heavy atom. The topological polar surface area (TPSA) is 71.8 Å². The summed E-state index contributed by atoms with van der Waals surface area (Å²) in [5, 5.41) is 0. The van der Waals surface area contributed by atoms with E-state index in [0.29, 0.717) is 16.9 Å². The van der Waals surface area contributed by atoms with Gasteiger partial charge in [-0.3, -0.25) is 4.79 Å². The van der Waals surface area contributed by atoms with E-state index in [0.717, 1.165) is 6.07 Å². The SMILES string of the molecule is Cc1nc2c(C(N)=O)cc(F)cc2[nH]1. The first kappa shape index (κ1) is 8.68. The summed E-state index contributed by atoms with van der Waals surface area (Å²) in [5.74, 6) is -0.566. The van der Waals surface area contributed by atoms with Gasteiger partial charge in [0.1, 0.15) is 17.2 Å². The van der Waals surface area contributed by atoms with E-state index in [2.05, 4.69) is 9.97 Å². The van der Waals surface area contributed by atoms with Gasteiger partial charge in [-0.2, -0.15) is 0 Å². The van der Waals surface area contributed by atoms with Gasteiger partial charge in [0.15, 0.2) is 0 Å². The zero-order valence-electron chi connectivity index (χ0n) is 7.47. The Bertz CT molecular complexity index is 518. The molecule has 0 fully saturated rings. The van der Waals surface area contributed by atoms with Crippen molar-refractivity contribution in [2.24, 2.45) is 5.73 Å². The van der Waals surface area contributed by atoms with E-state index >= 15 is 0 Å². The number of carbonyl (C=O) groups excluding carboxylic acids is 1. The van der Waals surface area contributed by atoms with Crippen LogP contribution < -0.4 is 5.73 Å². The third kappa shape index (κ3) is 1.22. The number of imidazole rings is 1. The van der Waals surface area contributed by atoms with E-state index in [1.165, 1.54) is 6.07 Å². The lowest BCUT2D eigenvalue weighted by atomic mass is 10.1. The van der Waals surface area contributed by atoms with Crippen LogP contribution in [0.15, 0.2) is 12.1 Å². The number of halogens is 1. The zero-order valence-corrected chi connectivity index (χ0v) is 7.47. The van der Waals surface area contributed by atoms with Gasteiger partial charge in [0, 0.05) is 0 Å². The van der Waals surface area contributed by atoms with Crippen molar-refractivity contribution >= 4 is 16.9 Å². The van der Waals surface area contributed by atoms with Gasteiger partial charge >= 0.3 is 0 Å². The summed E-state index contributed by atoms with van der Waals surface area (Å²) in [4.78, 5) is 17.9. The molecule has 3 N–H and O–H groups in total. The van der Waals surface area contributed by atoms with Gasteiger partial charge in [0.2, 0.25) is 0 Å². The number of nitrogens with one attached hydrogen (secondary N) is 1. The first-order chi connectivity index (χ1) is 6.58. The number of rotatable bonds is 1. The number of hydrogen-bond donors (Lipinski definition) is 2. The molecule has 5 heteroatoms. The molecule has 1 heterocycles. The number of nitrogens with two attached hydrogens (primary N) is 1. The fourth-order valence-electron chi connectivity index (χ4n) is 1.39. The average molecular weight is 193 g/mol. The summed E-state index contributed by atoms with van der Waals surface area (Å²) >= 11 is 0. The van der Waals surface area contributed by atoms with E-state index in [9.17, 15) is 9.18 Å². The molecule has 0 saturated heterocycles. The highest BCUT2D eigenvalue weighted by Crippen LogP contribution is 2.17. The number of fused-ring (bicyclic) bond motifs is 1. The van der Waals surface area contributed by atoms with Crippen LogP contribution in [0.3, 0.4) is 0 Å². The second-order valence-corrected chi connectivity index (χ2v) is 3.04. The van der Waals surface area contributed by atoms with Crippen LogP contribution in [0.1, 0.15) is 16.2 Å². The zero-order chi connectivity index (χ0) is 10.3. The molecule has 0 bridgehead atoms. The Morgan fingerprint density at radius 3 is 2.93 bits per heavy atom. The first-order valence-electron chi connectivity index (χ1n) is 4.03. The molecule has 1 aromatic heterocycles. The minimum Gasteiger partial charge on any atom is -0.366 e. The van der Waals surface area contributed by atoms with Crippen LogP contribution >= 0.6 is 0 Å². The lowest BCUT2D eigenvalue weighted by molar-refractivity contribution is 0.100. The summed E-state index contributed by atoms with van der Waals surface area (Å²) in [6.45, 7) is 1.72. The average Bonchev–Trinajstić information content (AvgIpc) is 2.42. The van der Waals surface area contributed by atoms with Crippen molar-refractivity contribution in [3.8, 4) is 0 Å². The van der Waals surface area contributed by atoms with Crippen LogP contribution in [-0.4, -0.2) is 15.9 Å². The minimum atomic E-state index is -0.680. The predicted molar refractivity (Wildman–Crippen MR) is 49.3 cm³/mol. The molecule has 2 aromatic rings. The largest absolute Gasteiger partial charge is 0.366 e. The number of aryl methyl sites for hydroxylation is 1. The van der Waals surface area contributed by atoms with E-state index < -0.39 is 11.7 Å². The Balaban J connectivity index is 2.85. The van der Waals surface area contributed by atoms with E-state index in [-0.39, 0.29) is 5.56 Å². The first-order valence-corrected chi connectivity index (χ1v) is 4.03. The highest BCUT2D eigenvalue weighted by molar-refractivity contribution is 6.04. The van der Waals surface area contributed by atoms with Gasteiger partial charge in [-0.15, -0.1) is 0 Å². The molecule has 0 saturated carbocycles. The fraction of sp³-hybridized carbons (Fsp3) is 0.111. The quantitative estimate of drug-likeness (QED) is 0.712. The van der Waals surface area contributed by atoms with Crippen LogP contribution in [0.2, 0.25) is 0 Å². The predicted octanol–water partition coefficient (Wildman–Crippen LogP) is 1.11. The summed E-state index contributed by atoms with van der Waals surface area (Å²) in [6, 6.07) is 2.37. The standard InChI is InChI=1S/C9H8FN3O/c1-4-12-7-3-5(10)2-6(9(11)14)8(7)13-4/h2-3H,1H3,(H2,11,14)(H,12,13). The number of amides is 1. The van der Waals surface area contributed by atoms with Crippen LogP contribution in [0, 0.1) is 12.7 Å². The number of primary amides is 1. The van der Waals surface area contributed by atoms with Crippen LogP contribution in [0.4, 0.5) is 4.39 Å². The number of nitrogens with zero attached hydrogens (tertiary/aromatic N) is 1. The van der Waals surface area contributed by atoms with Crippen LogP contribution in [-0.2, 0) is 0 Å².